The molecular weight excluding hydrogens is 228 g/mol. The molecule has 2 unspecified atom stereocenters. The standard InChI is InChI=1S/C14H30N2O2/c1-5-9-11-16-12-15(10-6-2)13(17-7-3)14(16)18-8-4/h13-14H,5-12H2,1-4H3. The molecule has 0 aromatic rings. The summed E-state index contributed by atoms with van der Waals surface area (Å²) in [5, 5.41) is 0. The molecule has 108 valence electrons. The van der Waals surface area contributed by atoms with E-state index in [0.717, 1.165) is 39.4 Å². The lowest BCUT2D eigenvalue weighted by molar-refractivity contribution is -0.131. The fourth-order valence-electron chi connectivity index (χ4n) is 2.52. The normalized spacial score (nSPS) is 26.0. The van der Waals surface area contributed by atoms with Gasteiger partial charge in [-0.15, -0.1) is 0 Å². The van der Waals surface area contributed by atoms with Crippen molar-refractivity contribution in [2.45, 2.75) is 59.4 Å². The van der Waals surface area contributed by atoms with Crippen molar-refractivity contribution in [2.24, 2.45) is 0 Å². The molecule has 1 saturated heterocycles. The Morgan fingerprint density at radius 3 is 1.83 bits per heavy atom. The van der Waals surface area contributed by atoms with Crippen LogP contribution in [0.4, 0.5) is 0 Å². The molecule has 0 aromatic heterocycles. The molecule has 0 N–H and O–H groups in total. The van der Waals surface area contributed by atoms with Gasteiger partial charge in [-0.1, -0.05) is 20.3 Å². The highest BCUT2D eigenvalue weighted by Gasteiger charge is 2.40. The van der Waals surface area contributed by atoms with E-state index in [0.29, 0.717) is 0 Å². The lowest BCUT2D eigenvalue weighted by Gasteiger charge is -2.27. The van der Waals surface area contributed by atoms with Crippen LogP contribution in [0.2, 0.25) is 0 Å². The highest BCUT2D eigenvalue weighted by molar-refractivity contribution is 4.81. The zero-order valence-corrected chi connectivity index (χ0v) is 12.5. The predicted molar refractivity (Wildman–Crippen MR) is 74.3 cm³/mol. The highest BCUT2D eigenvalue weighted by Crippen LogP contribution is 2.23. The summed E-state index contributed by atoms with van der Waals surface area (Å²) >= 11 is 0. The second-order valence-corrected chi connectivity index (χ2v) is 4.81. The van der Waals surface area contributed by atoms with E-state index in [1.807, 2.05) is 0 Å². The van der Waals surface area contributed by atoms with Gasteiger partial charge in [0.1, 0.15) is 0 Å². The van der Waals surface area contributed by atoms with Gasteiger partial charge in [0, 0.05) is 26.3 Å². The van der Waals surface area contributed by atoms with Crippen LogP contribution in [0.15, 0.2) is 0 Å². The van der Waals surface area contributed by atoms with Gasteiger partial charge in [0.05, 0.1) is 6.67 Å². The van der Waals surface area contributed by atoms with Gasteiger partial charge in [0.2, 0.25) is 0 Å². The summed E-state index contributed by atoms with van der Waals surface area (Å²) in [5.41, 5.74) is 0. The van der Waals surface area contributed by atoms with Gasteiger partial charge in [0.15, 0.2) is 12.5 Å². The summed E-state index contributed by atoms with van der Waals surface area (Å²) in [7, 11) is 0. The van der Waals surface area contributed by atoms with E-state index in [1.165, 1.54) is 12.8 Å². The molecule has 1 aliphatic rings. The van der Waals surface area contributed by atoms with Gasteiger partial charge in [-0.2, -0.15) is 0 Å². The number of hydrogen-bond acceptors (Lipinski definition) is 4. The first-order valence-electron chi connectivity index (χ1n) is 7.49. The van der Waals surface area contributed by atoms with E-state index in [-0.39, 0.29) is 12.5 Å². The molecule has 0 radical (unpaired) electrons. The lowest BCUT2D eigenvalue weighted by Crippen LogP contribution is -2.42. The fourth-order valence-corrected chi connectivity index (χ4v) is 2.52. The van der Waals surface area contributed by atoms with E-state index in [4.69, 9.17) is 9.47 Å². The summed E-state index contributed by atoms with van der Waals surface area (Å²) in [4.78, 5) is 4.82. The van der Waals surface area contributed by atoms with Crippen LogP contribution in [-0.4, -0.2) is 55.2 Å². The molecule has 0 saturated carbocycles. The molecule has 2 atom stereocenters. The van der Waals surface area contributed by atoms with Crippen molar-refractivity contribution in [3.05, 3.63) is 0 Å². The highest BCUT2D eigenvalue weighted by atomic mass is 16.6. The maximum Gasteiger partial charge on any atom is 0.151 e. The number of ether oxygens (including phenoxy) is 2. The molecule has 1 fully saturated rings. The molecule has 4 nitrogen and oxygen atoms in total. The number of nitrogens with zero attached hydrogens (tertiary/aromatic N) is 2. The van der Waals surface area contributed by atoms with Crippen molar-refractivity contribution in [2.75, 3.05) is 33.0 Å². The van der Waals surface area contributed by atoms with Crippen molar-refractivity contribution in [3.63, 3.8) is 0 Å². The first-order valence-corrected chi connectivity index (χ1v) is 7.49. The third-order valence-corrected chi connectivity index (χ3v) is 3.31. The monoisotopic (exact) mass is 258 g/mol. The van der Waals surface area contributed by atoms with Crippen LogP contribution in [0.25, 0.3) is 0 Å². The SMILES string of the molecule is CCCCN1CN(CCC)C(OCC)C1OCC. The van der Waals surface area contributed by atoms with Crippen LogP contribution in [0, 0.1) is 0 Å². The summed E-state index contributed by atoms with van der Waals surface area (Å²) in [6, 6.07) is 0. The van der Waals surface area contributed by atoms with Crippen molar-refractivity contribution in [1.82, 2.24) is 9.80 Å². The lowest BCUT2D eigenvalue weighted by atomic mass is 10.3. The number of rotatable bonds is 9. The molecule has 0 spiro atoms. The van der Waals surface area contributed by atoms with Gasteiger partial charge >= 0.3 is 0 Å². The molecule has 0 aromatic carbocycles. The molecule has 18 heavy (non-hydrogen) atoms. The molecule has 0 bridgehead atoms. The molecular formula is C14H30N2O2. The van der Waals surface area contributed by atoms with E-state index < -0.39 is 0 Å². The van der Waals surface area contributed by atoms with E-state index >= 15 is 0 Å². The van der Waals surface area contributed by atoms with Crippen LogP contribution in [0.3, 0.4) is 0 Å². The van der Waals surface area contributed by atoms with E-state index in [9.17, 15) is 0 Å². The Morgan fingerprint density at radius 2 is 1.39 bits per heavy atom. The second kappa shape index (κ2) is 8.86. The minimum Gasteiger partial charge on any atom is -0.359 e. The first-order chi connectivity index (χ1) is 8.78. The van der Waals surface area contributed by atoms with E-state index in [2.05, 4.69) is 37.5 Å². The molecule has 1 aliphatic heterocycles. The molecule has 1 rings (SSSR count). The Kier molecular flexibility index (Phi) is 7.82. The van der Waals surface area contributed by atoms with Crippen LogP contribution < -0.4 is 0 Å². The van der Waals surface area contributed by atoms with E-state index in [1.54, 1.807) is 0 Å². The summed E-state index contributed by atoms with van der Waals surface area (Å²) in [6.07, 6.45) is 3.81. The Bertz CT molecular complexity index is 214. The van der Waals surface area contributed by atoms with Crippen molar-refractivity contribution in [3.8, 4) is 0 Å². The zero-order valence-electron chi connectivity index (χ0n) is 12.5. The minimum absolute atomic E-state index is 0.103. The largest absolute Gasteiger partial charge is 0.359 e. The predicted octanol–water partition coefficient (Wildman–Crippen LogP) is 2.50. The van der Waals surface area contributed by atoms with Crippen LogP contribution in [-0.2, 0) is 9.47 Å². The van der Waals surface area contributed by atoms with Gasteiger partial charge in [-0.25, -0.2) is 0 Å². The van der Waals surface area contributed by atoms with Gasteiger partial charge in [-0.05, 0) is 26.7 Å². The van der Waals surface area contributed by atoms with Crippen molar-refractivity contribution < 1.29 is 9.47 Å². The summed E-state index contributed by atoms with van der Waals surface area (Å²) < 4.78 is 11.8. The molecule has 0 aliphatic carbocycles. The molecule has 1 heterocycles. The quantitative estimate of drug-likeness (QED) is 0.634. The second-order valence-electron chi connectivity index (χ2n) is 4.81. The fraction of sp³-hybridized carbons (Fsp3) is 1.00. The third kappa shape index (κ3) is 4.19. The Labute approximate surface area is 112 Å². The third-order valence-electron chi connectivity index (χ3n) is 3.31. The average molecular weight is 258 g/mol. The minimum atomic E-state index is 0.103. The Balaban J connectivity index is 2.66. The number of unbranched alkanes of at least 4 members (excludes halogenated alkanes) is 1. The summed E-state index contributed by atoms with van der Waals surface area (Å²) in [6.45, 7) is 13.2. The van der Waals surface area contributed by atoms with Crippen LogP contribution in [0.1, 0.15) is 47.0 Å². The van der Waals surface area contributed by atoms with Crippen LogP contribution >= 0.6 is 0 Å². The zero-order chi connectivity index (χ0) is 13.4. The first kappa shape index (κ1) is 15.9. The van der Waals surface area contributed by atoms with Gasteiger partial charge in [-0.3, -0.25) is 9.80 Å². The van der Waals surface area contributed by atoms with Crippen molar-refractivity contribution >= 4 is 0 Å². The van der Waals surface area contributed by atoms with Gasteiger partial charge in [0.25, 0.3) is 0 Å². The van der Waals surface area contributed by atoms with Gasteiger partial charge < -0.3 is 9.47 Å². The molecule has 0 amide bonds. The number of hydrogen-bond donors (Lipinski definition) is 0. The summed E-state index contributed by atoms with van der Waals surface area (Å²) in [5.74, 6) is 0. The Morgan fingerprint density at radius 1 is 0.833 bits per heavy atom. The maximum absolute atomic E-state index is 5.91. The maximum atomic E-state index is 5.91. The van der Waals surface area contributed by atoms with Crippen molar-refractivity contribution in [1.29, 1.82) is 0 Å². The average Bonchev–Trinajstić information content (AvgIpc) is 2.67. The topological polar surface area (TPSA) is 24.9 Å². The van der Waals surface area contributed by atoms with Crippen LogP contribution in [0.5, 0.6) is 0 Å². The molecule has 4 heteroatoms. The Hall–Kier alpha value is -0.160. The smallest absolute Gasteiger partial charge is 0.151 e.